The Morgan fingerprint density at radius 3 is 2.80 bits per heavy atom. The van der Waals surface area contributed by atoms with Crippen LogP contribution >= 0.6 is 0 Å². The van der Waals surface area contributed by atoms with E-state index in [4.69, 9.17) is 0 Å². The molecule has 0 aliphatic rings. The second-order valence-corrected chi connectivity index (χ2v) is 4.56. The Labute approximate surface area is 91.5 Å². The molecule has 3 heteroatoms. The van der Waals surface area contributed by atoms with Crippen LogP contribution in [0, 0.1) is 5.92 Å². The molecule has 0 bridgehead atoms. The number of H-pyrrole nitrogens is 1. The van der Waals surface area contributed by atoms with E-state index in [9.17, 15) is 4.79 Å². The molecule has 1 heterocycles. The number of nitrogens with zero attached hydrogens (tertiary/aromatic N) is 1. The molecule has 0 aliphatic heterocycles. The lowest BCUT2D eigenvalue weighted by Gasteiger charge is -2.01. The van der Waals surface area contributed by atoms with Gasteiger partial charge in [-0.15, -0.1) is 0 Å². The highest BCUT2D eigenvalue weighted by Crippen LogP contribution is 2.05. The summed E-state index contributed by atoms with van der Waals surface area (Å²) >= 11 is 0. The summed E-state index contributed by atoms with van der Waals surface area (Å²) in [5.41, 5.74) is 1.12. The number of unbranched alkanes of at least 4 members (excludes halogenated alkanes) is 1. The van der Waals surface area contributed by atoms with Gasteiger partial charge in [0.05, 0.1) is 0 Å². The van der Waals surface area contributed by atoms with E-state index >= 15 is 0 Å². The van der Waals surface area contributed by atoms with E-state index in [1.54, 1.807) is 4.57 Å². The summed E-state index contributed by atoms with van der Waals surface area (Å²) < 4.78 is 1.79. The molecule has 0 atom stereocenters. The Kier molecular flexibility index (Phi) is 4.66. The van der Waals surface area contributed by atoms with Crippen molar-refractivity contribution in [2.45, 2.75) is 53.0 Å². The van der Waals surface area contributed by atoms with Gasteiger partial charge in [0.1, 0.15) is 0 Å². The molecule has 0 fully saturated rings. The maximum atomic E-state index is 11.5. The molecule has 1 aromatic rings. The van der Waals surface area contributed by atoms with E-state index in [-0.39, 0.29) is 5.69 Å². The smallest absolute Gasteiger partial charge is 0.310 e. The lowest BCUT2D eigenvalue weighted by molar-refractivity contribution is 0.581. The zero-order valence-corrected chi connectivity index (χ0v) is 10.0. The lowest BCUT2D eigenvalue weighted by atomic mass is 10.1. The molecule has 1 rings (SSSR count). The predicted octanol–water partition coefficient (Wildman–Crippen LogP) is 2.57. The molecular weight excluding hydrogens is 188 g/mol. The van der Waals surface area contributed by atoms with Gasteiger partial charge < -0.3 is 4.98 Å². The molecule has 0 saturated heterocycles. The number of hydrogen-bond donors (Lipinski definition) is 1. The van der Waals surface area contributed by atoms with E-state index < -0.39 is 0 Å². The SMILES string of the molecule is CCCCn1cc(CCC(C)C)[nH]c1=O. The van der Waals surface area contributed by atoms with E-state index in [2.05, 4.69) is 25.8 Å². The fourth-order valence-electron chi connectivity index (χ4n) is 1.55. The fourth-order valence-corrected chi connectivity index (χ4v) is 1.55. The average molecular weight is 210 g/mol. The number of hydrogen-bond acceptors (Lipinski definition) is 1. The van der Waals surface area contributed by atoms with Crippen LogP contribution < -0.4 is 5.69 Å². The number of nitrogens with one attached hydrogen (secondary N) is 1. The standard InChI is InChI=1S/C12H22N2O/c1-4-5-8-14-9-11(13-12(14)15)7-6-10(2)3/h9-10H,4-8H2,1-3H3,(H,13,15). The van der Waals surface area contributed by atoms with Crippen molar-refractivity contribution in [2.24, 2.45) is 5.92 Å². The first-order valence-electron chi connectivity index (χ1n) is 5.91. The minimum Gasteiger partial charge on any atom is -0.310 e. The second kappa shape index (κ2) is 5.79. The third-order valence-electron chi connectivity index (χ3n) is 2.58. The topological polar surface area (TPSA) is 37.8 Å². The number of imidazole rings is 1. The van der Waals surface area contributed by atoms with Crippen molar-refractivity contribution in [1.82, 2.24) is 9.55 Å². The van der Waals surface area contributed by atoms with Gasteiger partial charge in [0.2, 0.25) is 0 Å². The molecule has 86 valence electrons. The Hall–Kier alpha value is -0.990. The first kappa shape index (κ1) is 12.1. The highest BCUT2D eigenvalue weighted by Gasteiger charge is 2.03. The van der Waals surface area contributed by atoms with Gasteiger partial charge in [-0.25, -0.2) is 4.79 Å². The largest absolute Gasteiger partial charge is 0.325 e. The molecule has 1 N–H and O–H groups in total. The lowest BCUT2D eigenvalue weighted by Crippen LogP contribution is -2.15. The highest BCUT2D eigenvalue weighted by molar-refractivity contribution is 4.97. The number of aryl methyl sites for hydroxylation is 2. The molecule has 3 nitrogen and oxygen atoms in total. The number of aromatic amines is 1. The Morgan fingerprint density at radius 1 is 1.47 bits per heavy atom. The minimum absolute atomic E-state index is 0.0437. The van der Waals surface area contributed by atoms with Crippen LogP contribution in [0.15, 0.2) is 11.0 Å². The predicted molar refractivity (Wildman–Crippen MR) is 63.1 cm³/mol. The van der Waals surface area contributed by atoms with E-state index in [1.807, 2.05) is 6.20 Å². The van der Waals surface area contributed by atoms with Gasteiger partial charge in [0.15, 0.2) is 0 Å². The summed E-state index contributed by atoms with van der Waals surface area (Å²) in [7, 11) is 0. The number of rotatable bonds is 6. The molecular formula is C12H22N2O. The van der Waals surface area contributed by atoms with Crippen LogP contribution in [0.3, 0.4) is 0 Å². The molecule has 0 saturated carbocycles. The summed E-state index contributed by atoms with van der Waals surface area (Å²) in [4.78, 5) is 14.4. The van der Waals surface area contributed by atoms with Crippen LogP contribution in [0.25, 0.3) is 0 Å². The molecule has 0 spiro atoms. The van der Waals surface area contributed by atoms with Crippen LogP contribution in [-0.2, 0) is 13.0 Å². The van der Waals surface area contributed by atoms with Crippen molar-refractivity contribution in [1.29, 1.82) is 0 Å². The zero-order valence-electron chi connectivity index (χ0n) is 10.0. The summed E-state index contributed by atoms with van der Waals surface area (Å²) in [6.07, 6.45) is 6.28. The van der Waals surface area contributed by atoms with Crippen molar-refractivity contribution in [3.8, 4) is 0 Å². The molecule has 0 aromatic carbocycles. The van der Waals surface area contributed by atoms with Crippen LogP contribution in [0.4, 0.5) is 0 Å². The van der Waals surface area contributed by atoms with Crippen molar-refractivity contribution in [3.05, 3.63) is 22.4 Å². The van der Waals surface area contributed by atoms with Crippen LogP contribution in [0.1, 0.15) is 45.7 Å². The van der Waals surface area contributed by atoms with Gasteiger partial charge in [-0.1, -0.05) is 27.2 Å². The Morgan fingerprint density at radius 2 is 2.20 bits per heavy atom. The van der Waals surface area contributed by atoms with Gasteiger partial charge in [-0.2, -0.15) is 0 Å². The third kappa shape index (κ3) is 3.94. The number of aromatic nitrogens is 2. The monoisotopic (exact) mass is 210 g/mol. The van der Waals surface area contributed by atoms with Gasteiger partial charge in [-0.05, 0) is 25.2 Å². The van der Waals surface area contributed by atoms with Gasteiger partial charge in [0.25, 0.3) is 0 Å². The summed E-state index contributed by atoms with van der Waals surface area (Å²) in [6.45, 7) is 7.38. The van der Waals surface area contributed by atoms with Gasteiger partial charge in [-0.3, -0.25) is 4.57 Å². The Balaban J connectivity index is 2.56. The molecule has 0 amide bonds. The van der Waals surface area contributed by atoms with E-state index in [0.29, 0.717) is 5.92 Å². The summed E-state index contributed by atoms with van der Waals surface area (Å²) in [5.74, 6) is 0.687. The molecule has 1 aromatic heterocycles. The highest BCUT2D eigenvalue weighted by atomic mass is 16.1. The van der Waals surface area contributed by atoms with E-state index in [1.165, 1.54) is 0 Å². The van der Waals surface area contributed by atoms with Crippen molar-refractivity contribution in [2.75, 3.05) is 0 Å². The molecule has 0 unspecified atom stereocenters. The second-order valence-electron chi connectivity index (χ2n) is 4.56. The van der Waals surface area contributed by atoms with Crippen LogP contribution in [-0.4, -0.2) is 9.55 Å². The molecule has 0 radical (unpaired) electrons. The summed E-state index contributed by atoms with van der Waals surface area (Å²) in [6, 6.07) is 0. The Bertz CT molecular complexity index is 336. The quantitative estimate of drug-likeness (QED) is 0.770. The molecule has 0 aliphatic carbocycles. The maximum Gasteiger partial charge on any atom is 0.325 e. The van der Waals surface area contributed by atoms with Gasteiger partial charge >= 0.3 is 5.69 Å². The first-order chi connectivity index (χ1) is 7.13. The minimum atomic E-state index is 0.0437. The average Bonchev–Trinajstić information content (AvgIpc) is 2.53. The van der Waals surface area contributed by atoms with Crippen molar-refractivity contribution >= 4 is 0 Å². The fraction of sp³-hybridized carbons (Fsp3) is 0.750. The van der Waals surface area contributed by atoms with Gasteiger partial charge in [0, 0.05) is 18.4 Å². The first-order valence-corrected chi connectivity index (χ1v) is 5.91. The third-order valence-corrected chi connectivity index (χ3v) is 2.58. The van der Waals surface area contributed by atoms with Crippen LogP contribution in [0.2, 0.25) is 0 Å². The summed E-state index contributed by atoms with van der Waals surface area (Å²) in [5, 5.41) is 0. The maximum absolute atomic E-state index is 11.5. The normalized spacial score (nSPS) is 11.2. The van der Waals surface area contributed by atoms with Crippen molar-refractivity contribution < 1.29 is 0 Å². The molecule has 15 heavy (non-hydrogen) atoms. The van der Waals surface area contributed by atoms with Crippen molar-refractivity contribution in [3.63, 3.8) is 0 Å². The zero-order chi connectivity index (χ0) is 11.3. The van der Waals surface area contributed by atoms with Crippen LogP contribution in [0.5, 0.6) is 0 Å². The van der Waals surface area contributed by atoms with E-state index in [0.717, 1.165) is 37.9 Å².